The number of aryl methyl sites for hydroxylation is 1. The van der Waals surface area contributed by atoms with Gasteiger partial charge in [0.15, 0.2) is 5.11 Å². The summed E-state index contributed by atoms with van der Waals surface area (Å²) < 4.78 is 11.3. The van der Waals surface area contributed by atoms with E-state index in [1.165, 1.54) is 0 Å². The van der Waals surface area contributed by atoms with Crippen molar-refractivity contribution in [1.82, 2.24) is 20.4 Å². The lowest BCUT2D eigenvalue weighted by Gasteiger charge is -2.38. The Morgan fingerprint density at radius 1 is 1.16 bits per heavy atom. The Balaban J connectivity index is 1.83. The number of nitrogens with zero attached hydrogens (tertiary/aromatic N) is 3. The minimum atomic E-state index is -0.230. The molecule has 0 fully saturated rings. The van der Waals surface area contributed by atoms with Crippen molar-refractivity contribution in [2.24, 2.45) is 5.92 Å². The zero-order valence-electron chi connectivity index (χ0n) is 19.0. The Bertz CT molecular complexity index is 1170. The fourth-order valence-electron chi connectivity index (χ4n) is 3.95. The fraction of sp³-hybridized carbons (Fsp3) is 0.320. The Morgan fingerprint density at radius 3 is 2.66 bits per heavy atom. The van der Waals surface area contributed by atoms with Crippen LogP contribution in [0.2, 0.25) is 0 Å². The van der Waals surface area contributed by atoms with E-state index in [4.69, 9.17) is 26.5 Å². The molecule has 0 saturated carbocycles. The molecule has 2 heterocycles. The third kappa shape index (κ3) is 4.39. The number of benzene rings is 2. The Hall–Kier alpha value is -3.19. The molecule has 0 bridgehead atoms. The number of nitrogens with one attached hydrogen (secondary N) is 1. The average Bonchev–Trinajstić information content (AvgIpc) is 3.26. The maximum absolute atomic E-state index is 5.81. The first-order valence-corrected chi connectivity index (χ1v) is 11.1. The molecule has 1 aliphatic heterocycles. The van der Waals surface area contributed by atoms with Crippen molar-refractivity contribution in [3.63, 3.8) is 0 Å². The van der Waals surface area contributed by atoms with Gasteiger partial charge in [-0.3, -0.25) is 0 Å². The zero-order valence-corrected chi connectivity index (χ0v) is 19.9. The number of rotatable bonds is 6. The van der Waals surface area contributed by atoms with Crippen LogP contribution in [0.5, 0.6) is 5.75 Å². The highest BCUT2D eigenvalue weighted by Gasteiger charge is 2.34. The normalized spacial score (nSPS) is 16.5. The summed E-state index contributed by atoms with van der Waals surface area (Å²) in [4.78, 5) is 6.89. The summed E-state index contributed by atoms with van der Waals surface area (Å²) >= 11 is 5.74. The molecule has 4 rings (SSSR count). The van der Waals surface area contributed by atoms with Crippen LogP contribution in [-0.4, -0.2) is 33.8 Å². The fourth-order valence-corrected chi connectivity index (χ4v) is 4.28. The molecule has 2 aromatic carbocycles. The standard InChI is InChI=1S/C25H28N4O2S/c1-15(2)14-29-17(4)21(22(26-25(29)32)18-9-7-11-20(13-18)30-5)24-27-23(28-31-24)19-10-6-8-16(3)12-19/h6-13,15,22H,14H2,1-5H3,(H,26,32). The van der Waals surface area contributed by atoms with Crippen LogP contribution in [0.3, 0.4) is 0 Å². The monoisotopic (exact) mass is 448 g/mol. The van der Waals surface area contributed by atoms with Gasteiger partial charge in [-0.15, -0.1) is 0 Å². The second kappa shape index (κ2) is 9.12. The number of allylic oxidation sites excluding steroid dienone is 1. The summed E-state index contributed by atoms with van der Waals surface area (Å²) in [6.07, 6.45) is 0. The van der Waals surface area contributed by atoms with Crippen molar-refractivity contribution in [2.45, 2.75) is 33.7 Å². The topological polar surface area (TPSA) is 63.4 Å². The van der Waals surface area contributed by atoms with Gasteiger partial charge < -0.3 is 19.5 Å². The van der Waals surface area contributed by atoms with E-state index in [1.54, 1.807) is 7.11 Å². The first-order valence-electron chi connectivity index (χ1n) is 10.7. The van der Waals surface area contributed by atoms with E-state index < -0.39 is 0 Å². The van der Waals surface area contributed by atoms with Gasteiger partial charge >= 0.3 is 0 Å². The van der Waals surface area contributed by atoms with Gasteiger partial charge in [-0.1, -0.05) is 54.9 Å². The Morgan fingerprint density at radius 2 is 1.94 bits per heavy atom. The quantitative estimate of drug-likeness (QED) is 0.509. The molecule has 1 aromatic heterocycles. The van der Waals surface area contributed by atoms with Gasteiger partial charge in [-0.05, 0) is 55.7 Å². The SMILES string of the molecule is COc1cccc(C2NC(=S)N(CC(C)C)C(C)=C2c2nc(-c3cccc(C)c3)no2)c1. The molecule has 0 aliphatic carbocycles. The molecule has 32 heavy (non-hydrogen) atoms. The predicted octanol–water partition coefficient (Wildman–Crippen LogP) is 5.37. The molecule has 1 N–H and O–H groups in total. The number of thiocarbonyl (C=S) groups is 1. The highest BCUT2D eigenvalue weighted by Crippen LogP contribution is 2.38. The number of ether oxygens (including phenoxy) is 1. The largest absolute Gasteiger partial charge is 0.497 e. The number of methoxy groups -OCH3 is 1. The first-order chi connectivity index (χ1) is 15.4. The van der Waals surface area contributed by atoms with E-state index in [-0.39, 0.29) is 6.04 Å². The van der Waals surface area contributed by atoms with Crippen molar-refractivity contribution in [1.29, 1.82) is 0 Å². The van der Waals surface area contributed by atoms with Crippen LogP contribution in [0.4, 0.5) is 0 Å². The van der Waals surface area contributed by atoms with Crippen LogP contribution in [-0.2, 0) is 0 Å². The molecule has 1 aliphatic rings. The van der Waals surface area contributed by atoms with E-state index in [2.05, 4.69) is 42.2 Å². The van der Waals surface area contributed by atoms with Gasteiger partial charge in [0, 0.05) is 17.8 Å². The molecule has 7 heteroatoms. The molecule has 3 aromatic rings. The minimum absolute atomic E-state index is 0.230. The first kappa shape index (κ1) is 22.0. The summed E-state index contributed by atoms with van der Waals surface area (Å²) in [5, 5.41) is 8.46. The van der Waals surface area contributed by atoms with Crippen molar-refractivity contribution >= 4 is 22.9 Å². The van der Waals surface area contributed by atoms with Gasteiger partial charge in [0.1, 0.15) is 5.75 Å². The highest BCUT2D eigenvalue weighted by molar-refractivity contribution is 7.80. The maximum Gasteiger partial charge on any atom is 0.258 e. The summed E-state index contributed by atoms with van der Waals surface area (Å²) in [7, 11) is 1.66. The lowest BCUT2D eigenvalue weighted by molar-refractivity contribution is 0.385. The second-order valence-electron chi connectivity index (χ2n) is 8.46. The van der Waals surface area contributed by atoms with Crippen molar-refractivity contribution in [3.05, 3.63) is 71.2 Å². The minimum Gasteiger partial charge on any atom is -0.497 e. The van der Waals surface area contributed by atoms with E-state index in [0.717, 1.165) is 40.3 Å². The number of hydrogen-bond acceptors (Lipinski definition) is 5. The van der Waals surface area contributed by atoms with Crippen LogP contribution in [0.1, 0.15) is 43.8 Å². The van der Waals surface area contributed by atoms with Crippen LogP contribution in [0.25, 0.3) is 17.0 Å². The van der Waals surface area contributed by atoms with E-state index in [1.807, 2.05) is 49.4 Å². The van der Waals surface area contributed by atoms with Crippen molar-refractivity contribution < 1.29 is 9.26 Å². The average molecular weight is 449 g/mol. The highest BCUT2D eigenvalue weighted by atomic mass is 32.1. The smallest absolute Gasteiger partial charge is 0.258 e. The molecule has 166 valence electrons. The zero-order chi connectivity index (χ0) is 22.8. The molecule has 0 spiro atoms. The van der Waals surface area contributed by atoms with Crippen LogP contribution < -0.4 is 10.1 Å². The van der Waals surface area contributed by atoms with E-state index >= 15 is 0 Å². The molecule has 1 atom stereocenters. The molecule has 0 amide bonds. The summed E-state index contributed by atoms with van der Waals surface area (Å²) in [5.74, 6) is 2.26. The third-order valence-electron chi connectivity index (χ3n) is 5.50. The number of aromatic nitrogens is 2. The molecule has 0 saturated heterocycles. The molecular formula is C25H28N4O2S. The molecular weight excluding hydrogens is 420 g/mol. The van der Waals surface area contributed by atoms with Crippen molar-refractivity contribution in [2.75, 3.05) is 13.7 Å². The molecule has 6 nitrogen and oxygen atoms in total. The summed E-state index contributed by atoms with van der Waals surface area (Å²) in [6.45, 7) is 9.25. The Labute approximate surface area is 194 Å². The van der Waals surface area contributed by atoms with Gasteiger partial charge in [0.25, 0.3) is 5.89 Å². The van der Waals surface area contributed by atoms with Gasteiger partial charge in [0.2, 0.25) is 5.82 Å². The maximum atomic E-state index is 5.81. The predicted molar refractivity (Wildman–Crippen MR) is 130 cm³/mol. The van der Waals surface area contributed by atoms with Crippen LogP contribution in [0, 0.1) is 12.8 Å². The molecule has 0 radical (unpaired) electrons. The summed E-state index contributed by atoms with van der Waals surface area (Å²) in [6, 6.07) is 15.8. The van der Waals surface area contributed by atoms with Crippen molar-refractivity contribution in [3.8, 4) is 17.1 Å². The molecule has 1 unspecified atom stereocenters. The van der Waals surface area contributed by atoms with E-state index in [9.17, 15) is 0 Å². The van der Waals surface area contributed by atoms with Crippen LogP contribution in [0.15, 0.2) is 58.8 Å². The van der Waals surface area contributed by atoms with Crippen LogP contribution >= 0.6 is 12.2 Å². The number of hydrogen-bond donors (Lipinski definition) is 1. The second-order valence-corrected chi connectivity index (χ2v) is 8.84. The van der Waals surface area contributed by atoms with Gasteiger partial charge in [-0.2, -0.15) is 4.98 Å². The Kier molecular flexibility index (Phi) is 6.28. The summed E-state index contributed by atoms with van der Waals surface area (Å²) in [5.41, 5.74) is 5.01. The van der Waals surface area contributed by atoms with E-state index in [0.29, 0.717) is 22.7 Å². The lowest BCUT2D eigenvalue weighted by Crippen LogP contribution is -2.47. The van der Waals surface area contributed by atoms with Gasteiger partial charge in [0.05, 0.1) is 18.7 Å². The van der Waals surface area contributed by atoms with Gasteiger partial charge in [-0.25, -0.2) is 0 Å². The third-order valence-corrected chi connectivity index (χ3v) is 5.84. The lowest BCUT2D eigenvalue weighted by atomic mass is 9.94.